The third kappa shape index (κ3) is 3.64. The average molecular weight is 384 g/mol. The minimum atomic E-state index is -0.247. The number of aromatic nitrogens is 2. The second kappa shape index (κ2) is 7.71. The third-order valence-corrected chi connectivity index (χ3v) is 5.45. The molecule has 0 aliphatic carbocycles. The highest BCUT2D eigenvalue weighted by molar-refractivity contribution is 5.84. The molecule has 7 nitrogen and oxygen atoms in total. The molecule has 148 valence electrons. The summed E-state index contributed by atoms with van der Waals surface area (Å²) in [6.45, 7) is 3.14. The zero-order chi connectivity index (χ0) is 19.7. The van der Waals surface area contributed by atoms with Gasteiger partial charge in [0.05, 0.1) is 18.7 Å². The number of hydrogen-bond donors (Lipinski definition) is 1. The smallest absolute Gasteiger partial charge is 0.242 e. The summed E-state index contributed by atoms with van der Waals surface area (Å²) in [6.07, 6.45) is 2.50. The van der Waals surface area contributed by atoms with Gasteiger partial charge in [0.25, 0.3) is 0 Å². The summed E-state index contributed by atoms with van der Waals surface area (Å²) in [5, 5.41) is 3.34. The molecule has 2 aliphatic rings. The van der Waals surface area contributed by atoms with Crippen LogP contribution in [0.4, 0.5) is 16.0 Å². The van der Waals surface area contributed by atoms with Crippen LogP contribution in [0.15, 0.2) is 30.6 Å². The summed E-state index contributed by atoms with van der Waals surface area (Å²) >= 11 is 0. The molecule has 1 atom stereocenters. The van der Waals surface area contributed by atoms with Crippen LogP contribution in [0.25, 0.3) is 0 Å². The Labute approximate surface area is 164 Å². The fourth-order valence-electron chi connectivity index (χ4n) is 4.00. The van der Waals surface area contributed by atoms with Gasteiger partial charge in [0.1, 0.15) is 23.8 Å². The third-order valence-electron chi connectivity index (χ3n) is 5.45. The summed E-state index contributed by atoms with van der Waals surface area (Å²) in [5.41, 5.74) is 1.94. The lowest BCUT2D eigenvalue weighted by atomic mass is 10.1. The van der Waals surface area contributed by atoms with Gasteiger partial charge < -0.3 is 20.0 Å². The molecule has 0 spiro atoms. The summed E-state index contributed by atoms with van der Waals surface area (Å²) in [4.78, 5) is 27.7. The molecule has 1 fully saturated rings. The van der Waals surface area contributed by atoms with Crippen molar-refractivity contribution in [2.45, 2.75) is 25.6 Å². The fourth-order valence-corrected chi connectivity index (χ4v) is 4.00. The predicted octanol–water partition coefficient (Wildman–Crippen LogP) is 1.39. The maximum atomic E-state index is 13.2. The molecule has 8 heteroatoms. The Morgan fingerprint density at radius 2 is 2.04 bits per heavy atom. The van der Waals surface area contributed by atoms with Gasteiger partial charge in [-0.1, -0.05) is 12.1 Å². The van der Waals surface area contributed by atoms with E-state index in [9.17, 15) is 9.18 Å². The highest BCUT2D eigenvalue weighted by Crippen LogP contribution is 2.31. The lowest BCUT2D eigenvalue weighted by Crippen LogP contribution is -2.43. The van der Waals surface area contributed by atoms with Crippen molar-refractivity contribution < 1.29 is 9.18 Å². The summed E-state index contributed by atoms with van der Waals surface area (Å²) in [6, 6.07) is 6.67. The zero-order valence-electron chi connectivity index (χ0n) is 16.2. The number of nitrogens with zero attached hydrogens (tertiary/aromatic N) is 5. The van der Waals surface area contributed by atoms with Crippen molar-refractivity contribution in [1.82, 2.24) is 20.2 Å². The molecule has 2 aromatic rings. The molecule has 1 saturated heterocycles. The largest absolute Gasteiger partial charge is 0.355 e. The Balaban J connectivity index is 1.65. The molecule has 1 aromatic heterocycles. The second-order valence-electron chi connectivity index (χ2n) is 7.51. The van der Waals surface area contributed by atoms with Crippen LogP contribution in [-0.4, -0.2) is 60.5 Å². The number of nitrogens with one attached hydrogen (secondary N) is 1. The van der Waals surface area contributed by atoms with Gasteiger partial charge in [0.2, 0.25) is 5.91 Å². The van der Waals surface area contributed by atoms with E-state index in [-0.39, 0.29) is 17.8 Å². The minimum Gasteiger partial charge on any atom is -0.355 e. The maximum Gasteiger partial charge on any atom is 0.242 e. The molecular formula is C20H25FN6O. The van der Waals surface area contributed by atoms with Gasteiger partial charge in [-0.15, -0.1) is 0 Å². The van der Waals surface area contributed by atoms with E-state index in [0.29, 0.717) is 19.6 Å². The molecule has 0 radical (unpaired) electrons. The molecule has 3 heterocycles. The molecule has 0 saturated carbocycles. The SMILES string of the molecule is CN1CC(=O)N(C2CCNC2)Cc2c1ncnc2N(C)Cc1ccc(F)cc1. The Bertz CT molecular complexity index is 852. The first kappa shape index (κ1) is 18.6. The van der Waals surface area contributed by atoms with Crippen molar-refractivity contribution >= 4 is 17.5 Å². The average Bonchev–Trinajstić information content (AvgIpc) is 3.17. The van der Waals surface area contributed by atoms with Crippen molar-refractivity contribution in [3.8, 4) is 0 Å². The molecule has 1 unspecified atom stereocenters. The number of carbonyl (C=O) groups excluding carboxylic acids is 1. The van der Waals surface area contributed by atoms with E-state index in [0.717, 1.165) is 42.3 Å². The van der Waals surface area contributed by atoms with Crippen molar-refractivity contribution in [1.29, 1.82) is 0 Å². The van der Waals surface area contributed by atoms with E-state index in [4.69, 9.17) is 0 Å². The highest BCUT2D eigenvalue weighted by Gasteiger charge is 2.33. The molecular weight excluding hydrogens is 359 g/mol. The number of likely N-dealkylation sites (N-methyl/N-ethyl adjacent to an activating group) is 1. The summed E-state index contributed by atoms with van der Waals surface area (Å²) < 4.78 is 13.2. The van der Waals surface area contributed by atoms with Crippen molar-refractivity contribution in [2.75, 3.05) is 43.5 Å². The van der Waals surface area contributed by atoms with Gasteiger partial charge in [-0.2, -0.15) is 0 Å². The van der Waals surface area contributed by atoms with Crippen LogP contribution in [0.2, 0.25) is 0 Å². The van der Waals surface area contributed by atoms with Gasteiger partial charge in [0.15, 0.2) is 0 Å². The summed E-state index contributed by atoms with van der Waals surface area (Å²) in [7, 11) is 3.85. The van der Waals surface area contributed by atoms with Crippen LogP contribution in [0.1, 0.15) is 17.5 Å². The Hall–Kier alpha value is -2.74. The normalized spacial score (nSPS) is 19.5. The first-order valence-corrected chi connectivity index (χ1v) is 9.53. The van der Waals surface area contributed by atoms with E-state index in [1.54, 1.807) is 18.5 Å². The van der Waals surface area contributed by atoms with E-state index < -0.39 is 0 Å². The minimum absolute atomic E-state index is 0.112. The van der Waals surface area contributed by atoms with Crippen molar-refractivity contribution in [2.24, 2.45) is 0 Å². The number of amides is 1. The number of hydrogen-bond acceptors (Lipinski definition) is 6. The van der Waals surface area contributed by atoms with Gasteiger partial charge in [-0.05, 0) is 30.7 Å². The van der Waals surface area contributed by atoms with Crippen LogP contribution < -0.4 is 15.1 Å². The van der Waals surface area contributed by atoms with Gasteiger partial charge in [-0.3, -0.25) is 4.79 Å². The molecule has 28 heavy (non-hydrogen) atoms. The molecule has 1 N–H and O–H groups in total. The first-order valence-electron chi connectivity index (χ1n) is 9.53. The fraction of sp³-hybridized carbons (Fsp3) is 0.450. The molecule has 1 aromatic carbocycles. The monoisotopic (exact) mass is 384 g/mol. The quantitative estimate of drug-likeness (QED) is 0.860. The number of halogens is 1. The van der Waals surface area contributed by atoms with E-state index in [2.05, 4.69) is 15.3 Å². The second-order valence-corrected chi connectivity index (χ2v) is 7.51. The van der Waals surface area contributed by atoms with E-state index >= 15 is 0 Å². The predicted molar refractivity (Wildman–Crippen MR) is 106 cm³/mol. The first-order chi connectivity index (χ1) is 13.5. The van der Waals surface area contributed by atoms with E-state index in [1.807, 2.05) is 28.8 Å². The lowest BCUT2D eigenvalue weighted by Gasteiger charge is -2.28. The number of rotatable bonds is 4. The molecule has 4 rings (SSSR count). The lowest BCUT2D eigenvalue weighted by molar-refractivity contribution is -0.132. The maximum absolute atomic E-state index is 13.2. The van der Waals surface area contributed by atoms with Crippen molar-refractivity contribution in [3.63, 3.8) is 0 Å². The summed E-state index contributed by atoms with van der Waals surface area (Å²) in [5.74, 6) is 1.45. The van der Waals surface area contributed by atoms with Crippen LogP contribution in [-0.2, 0) is 17.9 Å². The number of benzene rings is 1. The number of anilines is 2. The molecule has 2 aliphatic heterocycles. The van der Waals surface area contributed by atoms with Crippen molar-refractivity contribution in [3.05, 3.63) is 47.5 Å². The Kier molecular flexibility index (Phi) is 5.13. The Morgan fingerprint density at radius 3 is 2.75 bits per heavy atom. The van der Waals surface area contributed by atoms with Crippen LogP contribution in [0, 0.1) is 5.82 Å². The van der Waals surface area contributed by atoms with Crippen LogP contribution in [0.3, 0.4) is 0 Å². The highest BCUT2D eigenvalue weighted by atomic mass is 19.1. The van der Waals surface area contributed by atoms with Crippen LogP contribution >= 0.6 is 0 Å². The van der Waals surface area contributed by atoms with E-state index in [1.165, 1.54) is 12.1 Å². The van der Waals surface area contributed by atoms with Gasteiger partial charge >= 0.3 is 0 Å². The number of fused-ring (bicyclic) bond motifs is 1. The number of carbonyl (C=O) groups is 1. The standard InChI is InChI=1S/C20H25FN6O/c1-25(10-14-3-5-15(21)6-4-14)19-17-11-27(16-7-8-22-9-16)18(28)12-26(2)20(17)24-13-23-19/h3-6,13,16,22H,7-12H2,1-2H3. The Morgan fingerprint density at radius 1 is 1.25 bits per heavy atom. The molecule has 0 bridgehead atoms. The zero-order valence-corrected chi connectivity index (χ0v) is 16.2. The van der Waals surface area contributed by atoms with Gasteiger partial charge in [-0.25, -0.2) is 14.4 Å². The van der Waals surface area contributed by atoms with Gasteiger partial charge in [0, 0.05) is 33.2 Å². The topological polar surface area (TPSA) is 64.6 Å². The molecule has 1 amide bonds. The van der Waals surface area contributed by atoms with Crippen LogP contribution in [0.5, 0.6) is 0 Å².